The summed E-state index contributed by atoms with van der Waals surface area (Å²) in [7, 11) is -3.58. The van der Waals surface area contributed by atoms with Crippen molar-refractivity contribution >= 4 is 21.6 Å². The average Bonchev–Trinajstić information content (AvgIpc) is 2.55. The zero-order chi connectivity index (χ0) is 17.7. The van der Waals surface area contributed by atoms with Gasteiger partial charge in [-0.2, -0.15) is 0 Å². The van der Waals surface area contributed by atoms with Gasteiger partial charge >= 0.3 is 0 Å². The van der Waals surface area contributed by atoms with E-state index >= 15 is 0 Å². The maximum atomic E-state index is 12.7. The molecule has 1 atom stereocenters. The predicted molar refractivity (Wildman–Crippen MR) is 94.8 cm³/mol. The minimum atomic E-state index is -3.58. The van der Waals surface area contributed by atoms with Gasteiger partial charge in [-0.3, -0.25) is 9.10 Å². The minimum absolute atomic E-state index is 0.144. The summed E-state index contributed by atoms with van der Waals surface area (Å²) >= 11 is 0. The molecule has 0 radical (unpaired) electrons. The van der Waals surface area contributed by atoms with Crippen LogP contribution in [-0.4, -0.2) is 51.2 Å². The Bertz CT molecular complexity index is 652. The molecule has 1 amide bonds. The second-order valence-electron chi connectivity index (χ2n) is 6.05. The SMILES string of the molecule is CCOc1ccc(N(C(C)C(=O)N2CCCCC2)S(C)(=O)=O)cc1. The van der Waals surface area contributed by atoms with Crippen molar-refractivity contribution in [1.82, 2.24) is 4.90 Å². The third kappa shape index (κ3) is 4.41. The lowest BCUT2D eigenvalue weighted by Gasteiger charge is -2.34. The van der Waals surface area contributed by atoms with E-state index in [1.807, 2.05) is 6.92 Å². The molecule has 0 saturated carbocycles. The van der Waals surface area contributed by atoms with Gasteiger partial charge in [0, 0.05) is 13.1 Å². The quantitative estimate of drug-likeness (QED) is 0.786. The number of likely N-dealkylation sites (tertiary alicyclic amines) is 1. The van der Waals surface area contributed by atoms with Crippen molar-refractivity contribution in [1.29, 1.82) is 0 Å². The molecule has 6 nitrogen and oxygen atoms in total. The summed E-state index contributed by atoms with van der Waals surface area (Å²) < 4.78 is 31.2. The molecule has 1 fully saturated rings. The predicted octanol–water partition coefficient (Wildman–Crippen LogP) is 2.25. The Labute approximate surface area is 144 Å². The molecule has 1 aromatic carbocycles. The summed E-state index contributed by atoms with van der Waals surface area (Å²) in [6, 6.07) is 6.01. The Kier molecular flexibility index (Phi) is 6.10. The lowest BCUT2D eigenvalue weighted by atomic mass is 10.1. The highest BCUT2D eigenvalue weighted by atomic mass is 32.2. The minimum Gasteiger partial charge on any atom is -0.494 e. The third-order valence-corrected chi connectivity index (χ3v) is 5.38. The van der Waals surface area contributed by atoms with E-state index < -0.39 is 16.1 Å². The van der Waals surface area contributed by atoms with Crippen LogP contribution in [0.25, 0.3) is 0 Å². The number of sulfonamides is 1. The number of carbonyl (C=O) groups excluding carboxylic acids is 1. The van der Waals surface area contributed by atoms with Crippen molar-refractivity contribution in [3.63, 3.8) is 0 Å². The van der Waals surface area contributed by atoms with Gasteiger partial charge in [0.2, 0.25) is 15.9 Å². The fourth-order valence-corrected chi connectivity index (χ4v) is 4.21. The third-order valence-electron chi connectivity index (χ3n) is 4.14. The molecule has 1 aliphatic rings. The summed E-state index contributed by atoms with van der Waals surface area (Å²) in [5.74, 6) is 0.527. The first kappa shape index (κ1) is 18.6. The van der Waals surface area contributed by atoms with Crippen LogP contribution in [0.1, 0.15) is 33.1 Å². The van der Waals surface area contributed by atoms with Crippen molar-refractivity contribution in [3.8, 4) is 5.75 Å². The molecule has 0 N–H and O–H groups in total. The first-order valence-electron chi connectivity index (χ1n) is 8.35. The second kappa shape index (κ2) is 7.88. The van der Waals surface area contributed by atoms with Crippen molar-refractivity contribution in [2.75, 3.05) is 30.3 Å². The lowest BCUT2D eigenvalue weighted by molar-refractivity contribution is -0.132. The van der Waals surface area contributed by atoms with Crippen LogP contribution in [0, 0.1) is 0 Å². The summed E-state index contributed by atoms with van der Waals surface area (Å²) in [6.07, 6.45) is 4.19. The van der Waals surface area contributed by atoms with E-state index in [4.69, 9.17) is 4.74 Å². The molecule has 0 aromatic heterocycles. The number of nitrogens with zero attached hydrogens (tertiary/aromatic N) is 2. The number of amides is 1. The fourth-order valence-electron chi connectivity index (χ4n) is 3.04. The Hall–Kier alpha value is -1.76. The highest BCUT2D eigenvalue weighted by Crippen LogP contribution is 2.25. The first-order chi connectivity index (χ1) is 11.3. The number of benzene rings is 1. The summed E-state index contributed by atoms with van der Waals surface area (Å²) in [4.78, 5) is 14.5. The van der Waals surface area contributed by atoms with Gasteiger partial charge in [-0.1, -0.05) is 0 Å². The molecule has 7 heteroatoms. The van der Waals surface area contributed by atoms with Gasteiger partial charge in [-0.15, -0.1) is 0 Å². The lowest BCUT2D eigenvalue weighted by Crippen LogP contribution is -2.50. The number of hydrogen-bond donors (Lipinski definition) is 0. The van der Waals surface area contributed by atoms with Gasteiger partial charge in [0.05, 0.1) is 18.6 Å². The summed E-state index contributed by atoms with van der Waals surface area (Å²) in [5.41, 5.74) is 0.471. The highest BCUT2D eigenvalue weighted by Gasteiger charge is 2.32. The van der Waals surface area contributed by atoms with Gasteiger partial charge < -0.3 is 9.64 Å². The smallest absolute Gasteiger partial charge is 0.246 e. The van der Waals surface area contributed by atoms with E-state index in [0.29, 0.717) is 31.1 Å². The summed E-state index contributed by atoms with van der Waals surface area (Å²) in [5, 5.41) is 0. The van der Waals surface area contributed by atoms with Crippen LogP contribution >= 0.6 is 0 Å². The van der Waals surface area contributed by atoms with Crippen LogP contribution in [0.15, 0.2) is 24.3 Å². The van der Waals surface area contributed by atoms with Gasteiger partial charge in [-0.25, -0.2) is 8.42 Å². The molecule has 24 heavy (non-hydrogen) atoms. The Morgan fingerprint density at radius 1 is 1.21 bits per heavy atom. The zero-order valence-corrected chi connectivity index (χ0v) is 15.4. The monoisotopic (exact) mass is 354 g/mol. The zero-order valence-electron chi connectivity index (χ0n) is 14.6. The van der Waals surface area contributed by atoms with E-state index in [9.17, 15) is 13.2 Å². The number of rotatable bonds is 6. The molecule has 0 aliphatic carbocycles. The number of piperidine rings is 1. The maximum absolute atomic E-state index is 12.7. The Morgan fingerprint density at radius 2 is 1.79 bits per heavy atom. The number of hydrogen-bond acceptors (Lipinski definition) is 4. The normalized spacial score (nSPS) is 16.5. The largest absolute Gasteiger partial charge is 0.494 e. The molecular weight excluding hydrogens is 328 g/mol. The second-order valence-corrected chi connectivity index (χ2v) is 7.91. The van der Waals surface area contributed by atoms with E-state index in [1.54, 1.807) is 36.1 Å². The Balaban J connectivity index is 2.26. The first-order valence-corrected chi connectivity index (χ1v) is 10.2. The number of ether oxygens (including phenoxy) is 1. The van der Waals surface area contributed by atoms with Crippen LogP contribution < -0.4 is 9.04 Å². The summed E-state index contributed by atoms with van der Waals surface area (Å²) in [6.45, 7) is 5.47. The van der Waals surface area contributed by atoms with E-state index in [2.05, 4.69) is 0 Å². The standard InChI is InChI=1S/C17H26N2O4S/c1-4-23-16-10-8-15(9-11-16)19(24(3,21)22)14(2)17(20)18-12-6-5-7-13-18/h8-11,14H,4-7,12-13H2,1-3H3. The van der Waals surface area contributed by atoms with Crippen LogP contribution in [0.4, 0.5) is 5.69 Å². The van der Waals surface area contributed by atoms with Crippen LogP contribution in [-0.2, 0) is 14.8 Å². The topological polar surface area (TPSA) is 66.9 Å². The molecule has 1 aliphatic heterocycles. The molecule has 134 valence electrons. The molecule has 2 rings (SSSR count). The molecule has 1 aromatic rings. The highest BCUT2D eigenvalue weighted by molar-refractivity contribution is 7.92. The van der Waals surface area contributed by atoms with E-state index in [-0.39, 0.29) is 5.91 Å². The molecular formula is C17H26N2O4S. The van der Waals surface area contributed by atoms with E-state index in [0.717, 1.165) is 25.5 Å². The Morgan fingerprint density at radius 3 is 2.29 bits per heavy atom. The van der Waals surface area contributed by atoms with Crippen molar-refractivity contribution < 1.29 is 17.9 Å². The van der Waals surface area contributed by atoms with Gasteiger partial charge in [-0.05, 0) is 57.4 Å². The molecule has 0 spiro atoms. The van der Waals surface area contributed by atoms with Crippen molar-refractivity contribution in [2.24, 2.45) is 0 Å². The molecule has 1 heterocycles. The van der Waals surface area contributed by atoms with Crippen LogP contribution in [0.3, 0.4) is 0 Å². The van der Waals surface area contributed by atoms with Crippen molar-refractivity contribution in [3.05, 3.63) is 24.3 Å². The maximum Gasteiger partial charge on any atom is 0.246 e. The van der Waals surface area contributed by atoms with Crippen LogP contribution in [0.5, 0.6) is 5.75 Å². The van der Waals surface area contributed by atoms with Gasteiger partial charge in [0.15, 0.2) is 0 Å². The van der Waals surface area contributed by atoms with Gasteiger partial charge in [0.25, 0.3) is 0 Å². The molecule has 1 unspecified atom stereocenters. The number of carbonyl (C=O) groups is 1. The van der Waals surface area contributed by atoms with Crippen molar-refractivity contribution in [2.45, 2.75) is 39.2 Å². The van der Waals surface area contributed by atoms with Crippen LogP contribution in [0.2, 0.25) is 0 Å². The van der Waals surface area contributed by atoms with E-state index in [1.165, 1.54) is 4.31 Å². The number of anilines is 1. The molecule has 1 saturated heterocycles. The fraction of sp³-hybridized carbons (Fsp3) is 0.588. The molecule has 0 bridgehead atoms. The van der Waals surface area contributed by atoms with Gasteiger partial charge in [0.1, 0.15) is 11.8 Å². The average molecular weight is 354 g/mol.